The van der Waals surface area contributed by atoms with Gasteiger partial charge >= 0.3 is 0 Å². The van der Waals surface area contributed by atoms with Gasteiger partial charge in [-0.3, -0.25) is 4.79 Å². The highest BCUT2D eigenvalue weighted by atomic mass is 16.2. The van der Waals surface area contributed by atoms with Gasteiger partial charge in [0.25, 0.3) is 0 Å². The van der Waals surface area contributed by atoms with Gasteiger partial charge in [-0.15, -0.1) is 0 Å². The molecule has 2 rings (SSSR count). The molecule has 0 N–H and O–H groups in total. The Bertz CT molecular complexity index is 356. The van der Waals surface area contributed by atoms with Gasteiger partial charge in [0.2, 0.25) is 5.91 Å². The Balaban J connectivity index is 2.02. The molecule has 78 valence electrons. The lowest BCUT2D eigenvalue weighted by atomic mass is 10.2. The van der Waals surface area contributed by atoms with Crippen LogP contribution in [0.25, 0.3) is 0 Å². The van der Waals surface area contributed by atoms with Gasteiger partial charge in [-0.05, 0) is 12.0 Å². The molecule has 0 aromatic heterocycles. The summed E-state index contributed by atoms with van der Waals surface area (Å²) < 4.78 is 0. The SMILES string of the molecule is O=C1CC=CCCN1Cc1ccccc1. The Morgan fingerprint density at radius 3 is 2.73 bits per heavy atom. The standard InChI is InChI=1S/C13H15NO/c15-13-9-5-2-6-10-14(13)11-12-7-3-1-4-8-12/h1-5,7-8H,6,9-11H2. The molecule has 1 amide bonds. The summed E-state index contributed by atoms with van der Waals surface area (Å²) in [5.41, 5.74) is 1.20. The maximum atomic E-state index is 11.7. The van der Waals surface area contributed by atoms with Crippen molar-refractivity contribution >= 4 is 5.91 Å². The number of hydrogen-bond acceptors (Lipinski definition) is 1. The van der Waals surface area contributed by atoms with Crippen LogP contribution in [0, 0.1) is 0 Å². The number of amides is 1. The average Bonchev–Trinajstić information content (AvgIpc) is 2.46. The number of carbonyl (C=O) groups is 1. The second kappa shape index (κ2) is 4.78. The summed E-state index contributed by atoms with van der Waals surface area (Å²) in [7, 11) is 0. The van der Waals surface area contributed by atoms with Gasteiger partial charge in [0, 0.05) is 19.5 Å². The predicted molar refractivity (Wildman–Crippen MR) is 60.2 cm³/mol. The number of benzene rings is 1. The van der Waals surface area contributed by atoms with Crippen molar-refractivity contribution in [2.45, 2.75) is 19.4 Å². The van der Waals surface area contributed by atoms with E-state index in [0.717, 1.165) is 19.5 Å². The van der Waals surface area contributed by atoms with Crippen LogP contribution in [-0.4, -0.2) is 17.4 Å². The third-order valence-electron chi connectivity index (χ3n) is 2.59. The monoisotopic (exact) mass is 201 g/mol. The van der Waals surface area contributed by atoms with Gasteiger partial charge in [-0.1, -0.05) is 42.5 Å². The molecule has 1 heterocycles. The van der Waals surface area contributed by atoms with E-state index in [4.69, 9.17) is 0 Å². The first-order chi connectivity index (χ1) is 7.36. The lowest BCUT2D eigenvalue weighted by molar-refractivity contribution is -0.130. The fraction of sp³-hybridized carbons (Fsp3) is 0.308. The highest BCUT2D eigenvalue weighted by molar-refractivity contribution is 5.78. The van der Waals surface area contributed by atoms with Crippen molar-refractivity contribution in [1.29, 1.82) is 0 Å². The van der Waals surface area contributed by atoms with E-state index in [1.54, 1.807) is 0 Å². The molecule has 0 unspecified atom stereocenters. The molecule has 1 aromatic rings. The van der Waals surface area contributed by atoms with Crippen LogP contribution in [0.2, 0.25) is 0 Å². The molecule has 0 aliphatic carbocycles. The molecule has 2 nitrogen and oxygen atoms in total. The Labute approximate surface area is 90.2 Å². The summed E-state index contributed by atoms with van der Waals surface area (Å²) in [6.07, 6.45) is 5.57. The van der Waals surface area contributed by atoms with Crippen LogP contribution in [0.3, 0.4) is 0 Å². The molecule has 1 aromatic carbocycles. The lowest BCUT2D eigenvalue weighted by Crippen LogP contribution is -2.29. The van der Waals surface area contributed by atoms with Crippen molar-refractivity contribution in [1.82, 2.24) is 4.90 Å². The van der Waals surface area contributed by atoms with Gasteiger partial charge in [-0.25, -0.2) is 0 Å². The number of nitrogens with zero attached hydrogens (tertiary/aromatic N) is 1. The van der Waals surface area contributed by atoms with Crippen molar-refractivity contribution < 1.29 is 4.79 Å². The molecule has 2 heteroatoms. The van der Waals surface area contributed by atoms with Crippen LogP contribution < -0.4 is 0 Å². The zero-order valence-electron chi connectivity index (χ0n) is 8.73. The van der Waals surface area contributed by atoms with Crippen molar-refractivity contribution in [3.05, 3.63) is 48.0 Å². The summed E-state index contributed by atoms with van der Waals surface area (Å²) in [5.74, 6) is 0.229. The zero-order valence-corrected chi connectivity index (χ0v) is 8.73. The molecule has 0 fully saturated rings. The maximum absolute atomic E-state index is 11.7. The van der Waals surface area contributed by atoms with Gasteiger partial charge < -0.3 is 4.90 Å². The molecule has 0 spiro atoms. The van der Waals surface area contributed by atoms with Crippen molar-refractivity contribution in [2.75, 3.05) is 6.54 Å². The Morgan fingerprint density at radius 2 is 1.93 bits per heavy atom. The van der Waals surface area contributed by atoms with Crippen LogP contribution in [0.15, 0.2) is 42.5 Å². The molecular formula is C13H15NO. The topological polar surface area (TPSA) is 20.3 Å². The Kier molecular flexibility index (Phi) is 3.18. The van der Waals surface area contributed by atoms with E-state index >= 15 is 0 Å². The van der Waals surface area contributed by atoms with Gasteiger partial charge in [0.1, 0.15) is 0 Å². The molecule has 15 heavy (non-hydrogen) atoms. The molecular weight excluding hydrogens is 186 g/mol. The van der Waals surface area contributed by atoms with Gasteiger partial charge in [0.05, 0.1) is 0 Å². The van der Waals surface area contributed by atoms with Crippen LogP contribution in [0.1, 0.15) is 18.4 Å². The smallest absolute Gasteiger partial charge is 0.226 e. The molecule has 0 atom stereocenters. The van der Waals surface area contributed by atoms with Crippen molar-refractivity contribution in [3.63, 3.8) is 0 Å². The minimum Gasteiger partial charge on any atom is -0.338 e. The molecule has 0 saturated carbocycles. The van der Waals surface area contributed by atoms with Gasteiger partial charge in [-0.2, -0.15) is 0 Å². The van der Waals surface area contributed by atoms with Crippen LogP contribution in [0.5, 0.6) is 0 Å². The van der Waals surface area contributed by atoms with Crippen LogP contribution in [0.4, 0.5) is 0 Å². The summed E-state index contributed by atoms with van der Waals surface area (Å²) in [5, 5.41) is 0. The normalized spacial score (nSPS) is 16.5. The summed E-state index contributed by atoms with van der Waals surface area (Å²) in [4.78, 5) is 13.6. The minimum absolute atomic E-state index is 0.229. The van der Waals surface area contributed by atoms with E-state index in [9.17, 15) is 4.79 Å². The summed E-state index contributed by atoms with van der Waals surface area (Å²) in [6.45, 7) is 1.57. The van der Waals surface area contributed by atoms with E-state index < -0.39 is 0 Å². The second-order valence-corrected chi connectivity index (χ2v) is 3.77. The third kappa shape index (κ3) is 2.69. The molecule has 0 bridgehead atoms. The number of hydrogen-bond donors (Lipinski definition) is 0. The Morgan fingerprint density at radius 1 is 1.13 bits per heavy atom. The highest BCUT2D eigenvalue weighted by Crippen LogP contribution is 2.10. The molecule has 1 aliphatic heterocycles. The predicted octanol–water partition coefficient (Wildman–Crippen LogP) is 2.37. The first kappa shape index (κ1) is 9.97. The average molecular weight is 201 g/mol. The van der Waals surface area contributed by atoms with E-state index in [1.807, 2.05) is 29.2 Å². The minimum atomic E-state index is 0.229. The fourth-order valence-electron chi connectivity index (χ4n) is 1.76. The summed E-state index contributed by atoms with van der Waals surface area (Å²) >= 11 is 0. The molecule has 1 aliphatic rings. The number of rotatable bonds is 2. The zero-order chi connectivity index (χ0) is 10.5. The largest absolute Gasteiger partial charge is 0.338 e. The summed E-state index contributed by atoms with van der Waals surface area (Å²) in [6, 6.07) is 10.1. The van der Waals surface area contributed by atoms with Crippen molar-refractivity contribution in [2.24, 2.45) is 0 Å². The third-order valence-corrected chi connectivity index (χ3v) is 2.59. The lowest BCUT2D eigenvalue weighted by Gasteiger charge is -2.20. The Hall–Kier alpha value is -1.57. The van der Waals surface area contributed by atoms with Crippen LogP contribution >= 0.6 is 0 Å². The van der Waals surface area contributed by atoms with Gasteiger partial charge in [0.15, 0.2) is 0 Å². The second-order valence-electron chi connectivity index (χ2n) is 3.77. The highest BCUT2D eigenvalue weighted by Gasteiger charge is 2.13. The quantitative estimate of drug-likeness (QED) is 0.673. The first-order valence-electron chi connectivity index (χ1n) is 5.33. The maximum Gasteiger partial charge on any atom is 0.226 e. The molecule has 0 saturated heterocycles. The van der Waals surface area contributed by atoms with E-state index in [-0.39, 0.29) is 5.91 Å². The van der Waals surface area contributed by atoms with E-state index in [2.05, 4.69) is 18.2 Å². The van der Waals surface area contributed by atoms with Crippen molar-refractivity contribution in [3.8, 4) is 0 Å². The number of carbonyl (C=O) groups excluding carboxylic acids is 1. The fourth-order valence-corrected chi connectivity index (χ4v) is 1.76. The van der Waals surface area contributed by atoms with E-state index in [0.29, 0.717) is 6.42 Å². The van der Waals surface area contributed by atoms with Crippen LogP contribution in [-0.2, 0) is 11.3 Å². The van der Waals surface area contributed by atoms with E-state index in [1.165, 1.54) is 5.56 Å². The molecule has 0 radical (unpaired) electrons. The first-order valence-corrected chi connectivity index (χ1v) is 5.33.